The molecule has 0 aromatic heterocycles. The number of nitrogens with zero attached hydrogens (tertiary/aromatic N) is 1. The van der Waals surface area contributed by atoms with Crippen LogP contribution in [0.25, 0.3) is 0 Å². The molecule has 0 heterocycles. The lowest BCUT2D eigenvalue weighted by molar-refractivity contribution is -0.140. The van der Waals surface area contributed by atoms with Crippen LogP contribution in [0.4, 0.5) is 10.1 Å². The van der Waals surface area contributed by atoms with Crippen LogP contribution in [-0.4, -0.2) is 37.5 Å². The van der Waals surface area contributed by atoms with Crippen molar-refractivity contribution in [3.8, 4) is 0 Å². The van der Waals surface area contributed by atoms with Gasteiger partial charge >= 0.3 is 11.9 Å². The number of aliphatic hydroxyl groups excluding tert-OH is 1. The smallest absolute Gasteiger partial charge is 0.342 e. The summed E-state index contributed by atoms with van der Waals surface area (Å²) in [6.45, 7) is 0. The van der Waals surface area contributed by atoms with Crippen molar-refractivity contribution in [3.63, 3.8) is 0 Å². The van der Waals surface area contributed by atoms with Crippen LogP contribution in [0.15, 0.2) is 40.6 Å². The first-order valence-corrected chi connectivity index (χ1v) is 5.84. The number of methoxy groups -OCH3 is 2. The van der Waals surface area contributed by atoms with Gasteiger partial charge in [0.15, 0.2) is 0 Å². The average molecular weight is 295 g/mol. The Morgan fingerprint density at radius 1 is 1.24 bits per heavy atom. The highest BCUT2D eigenvalue weighted by Gasteiger charge is 2.16. The minimum Gasteiger partial charge on any atom is -0.511 e. The molecule has 21 heavy (non-hydrogen) atoms. The Labute approximate surface area is 120 Å². The van der Waals surface area contributed by atoms with Gasteiger partial charge < -0.3 is 14.6 Å². The van der Waals surface area contributed by atoms with E-state index in [2.05, 4.69) is 14.5 Å². The summed E-state index contributed by atoms with van der Waals surface area (Å²) in [4.78, 5) is 26.6. The van der Waals surface area contributed by atoms with E-state index in [1.165, 1.54) is 24.3 Å². The SMILES string of the molecule is COC(=O)C/C(O)=C(/C=Nc1ccc(F)cc1)C(=O)OC. The largest absolute Gasteiger partial charge is 0.511 e. The number of aliphatic hydroxyl groups is 1. The Bertz CT molecular complexity index is 578. The number of carbonyl (C=O) groups excluding carboxylic acids is 2. The summed E-state index contributed by atoms with van der Waals surface area (Å²) in [7, 11) is 2.28. The number of ether oxygens (including phenoxy) is 2. The van der Waals surface area contributed by atoms with E-state index in [1.807, 2.05) is 0 Å². The van der Waals surface area contributed by atoms with Crippen molar-refractivity contribution in [2.75, 3.05) is 14.2 Å². The fourth-order valence-electron chi connectivity index (χ4n) is 1.33. The number of carbonyl (C=O) groups is 2. The van der Waals surface area contributed by atoms with Crippen molar-refractivity contribution in [1.82, 2.24) is 0 Å². The molecular weight excluding hydrogens is 281 g/mol. The molecule has 0 aliphatic heterocycles. The van der Waals surface area contributed by atoms with Gasteiger partial charge in [-0.3, -0.25) is 9.79 Å². The summed E-state index contributed by atoms with van der Waals surface area (Å²) in [5.41, 5.74) is 0.0795. The lowest BCUT2D eigenvalue weighted by Crippen LogP contribution is -2.12. The molecule has 6 nitrogen and oxygen atoms in total. The molecule has 0 aliphatic rings. The van der Waals surface area contributed by atoms with Gasteiger partial charge in [-0.05, 0) is 24.3 Å². The fraction of sp³-hybridized carbons (Fsp3) is 0.214. The Balaban J connectivity index is 3.03. The highest BCUT2D eigenvalue weighted by atomic mass is 19.1. The molecule has 0 aliphatic carbocycles. The Morgan fingerprint density at radius 2 is 1.86 bits per heavy atom. The third kappa shape index (κ3) is 5.06. The van der Waals surface area contributed by atoms with Gasteiger partial charge in [-0.15, -0.1) is 0 Å². The maximum absolute atomic E-state index is 12.8. The van der Waals surface area contributed by atoms with Crippen molar-refractivity contribution in [2.45, 2.75) is 6.42 Å². The van der Waals surface area contributed by atoms with Crippen LogP contribution < -0.4 is 0 Å². The Morgan fingerprint density at radius 3 is 2.38 bits per heavy atom. The van der Waals surface area contributed by atoms with E-state index in [9.17, 15) is 19.1 Å². The van der Waals surface area contributed by atoms with Gasteiger partial charge in [0.05, 0.1) is 19.9 Å². The summed E-state index contributed by atoms with van der Waals surface area (Å²) in [6, 6.07) is 5.17. The van der Waals surface area contributed by atoms with Crippen molar-refractivity contribution in [2.24, 2.45) is 4.99 Å². The maximum Gasteiger partial charge on any atom is 0.342 e. The number of hydrogen-bond donors (Lipinski definition) is 1. The summed E-state index contributed by atoms with van der Waals surface area (Å²) in [5, 5.41) is 9.76. The number of esters is 2. The molecule has 7 heteroatoms. The molecule has 0 atom stereocenters. The molecule has 0 bridgehead atoms. The lowest BCUT2D eigenvalue weighted by atomic mass is 10.2. The molecule has 0 spiro atoms. The maximum atomic E-state index is 12.8. The summed E-state index contributed by atoms with van der Waals surface area (Å²) < 4.78 is 21.6. The first-order valence-electron chi connectivity index (χ1n) is 5.84. The van der Waals surface area contributed by atoms with Gasteiger partial charge in [0.25, 0.3) is 0 Å². The van der Waals surface area contributed by atoms with Crippen LogP contribution in [0, 0.1) is 5.82 Å². The van der Waals surface area contributed by atoms with Gasteiger partial charge in [0.2, 0.25) is 0 Å². The van der Waals surface area contributed by atoms with Crippen LogP contribution in [0.1, 0.15) is 6.42 Å². The zero-order valence-corrected chi connectivity index (χ0v) is 11.5. The van der Waals surface area contributed by atoms with Gasteiger partial charge in [-0.2, -0.15) is 0 Å². The van der Waals surface area contributed by atoms with E-state index in [4.69, 9.17) is 0 Å². The molecule has 0 unspecified atom stereocenters. The zero-order valence-electron chi connectivity index (χ0n) is 11.5. The molecule has 0 fully saturated rings. The van der Waals surface area contributed by atoms with Crippen LogP contribution in [0.2, 0.25) is 0 Å². The van der Waals surface area contributed by atoms with Crippen LogP contribution in [-0.2, 0) is 19.1 Å². The predicted molar refractivity (Wildman–Crippen MR) is 72.9 cm³/mol. The van der Waals surface area contributed by atoms with Gasteiger partial charge in [0, 0.05) is 6.21 Å². The van der Waals surface area contributed by atoms with E-state index < -0.39 is 29.9 Å². The molecule has 1 aromatic carbocycles. The Hall–Kier alpha value is -2.70. The second kappa shape index (κ2) is 7.78. The molecule has 1 aromatic rings. The minimum atomic E-state index is -0.859. The van der Waals surface area contributed by atoms with Gasteiger partial charge in [0.1, 0.15) is 23.6 Å². The molecule has 0 saturated carbocycles. The molecular formula is C14H14FNO5. The number of benzene rings is 1. The summed E-state index contributed by atoms with van der Waals surface area (Å²) in [5.74, 6) is -2.53. The highest BCUT2D eigenvalue weighted by molar-refractivity contribution is 6.10. The molecule has 112 valence electrons. The summed E-state index contributed by atoms with van der Waals surface area (Å²) >= 11 is 0. The van der Waals surface area contributed by atoms with Crippen molar-refractivity contribution >= 4 is 23.8 Å². The lowest BCUT2D eigenvalue weighted by Gasteiger charge is -2.04. The van der Waals surface area contributed by atoms with Crippen molar-refractivity contribution in [3.05, 3.63) is 41.4 Å². The zero-order chi connectivity index (χ0) is 15.8. The average Bonchev–Trinajstić information content (AvgIpc) is 2.48. The standard InChI is InChI=1S/C14H14FNO5/c1-20-13(18)7-12(17)11(14(19)21-2)8-16-10-5-3-9(15)4-6-10/h3-6,8,17H,7H2,1-2H3/b12-11+,16-8?. The van der Waals surface area contributed by atoms with Gasteiger partial charge in [-0.1, -0.05) is 0 Å². The van der Waals surface area contributed by atoms with E-state index in [-0.39, 0.29) is 5.57 Å². The fourth-order valence-corrected chi connectivity index (χ4v) is 1.33. The molecule has 0 radical (unpaired) electrons. The molecule has 1 rings (SSSR count). The Kier molecular flexibility index (Phi) is 6.06. The van der Waals surface area contributed by atoms with Crippen LogP contribution in [0.5, 0.6) is 0 Å². The van der Waals surface area contributed by atoms with Crippen molar-refractivity contribution < 1.29 is 28.6 Å². The first kappa shape index (κ1) is 16.4. The molecule has 0 saturated heterocycles. The first-order chi connectivity index (χ1) is 9.97. The van der Waals surface area contributed by atoms with E-state index in [0.717, 1.165) is 20.4 Å². The number of halogens is 1. The van der Waals surface area contributed by atoms with Crippen LogP contribution in [0.3, 0.4) is 0 Å². The topological polar surface area (TPSA) is 85.2 Å². The van der Waals surface area contributed by atoms with Crippen molar-refractivity contribution in [1.29, 1.82) is 0 Å². The molecule has 0 amide bonds. The predicted octanol–water partition coefficient (Wildman–Crippen LogP) is 2.08. The second-order valence-electron chi connectivity index (χ2n) is 3.84. The monoisotopic (exact) mass is 295 g/mol. The number of aliphatic imine (C=N–C) groups is 1. The normalized spacial score (nSPS) is 12.0. The third-order valence-electron chi connectivity index (χ3n) is 2.43. The van der Waals surface area contributed by atoms with E-state index >= 15 is 0 Å². The second-order valence-corrected chi connectivity index (χ2v) is 3.84. The highest BCUT2D eigenvalue weighted by Crippen LogP contribution is 2.14. The molecule has 1 N–H and O–H groups in total. The number of hydrogen-bond acceptors (Lipinski definition) is 6. The van der Waals surface area contributed by atoms with E-state index in [1.54, 1.807) is 0 Å². The van der Waals surface area contributed by atoms with Gasteiger partial charge in [-0.25, -0.2) is 9.18 Å². The van der Waals surface area contributed by atoms with Crippen LogP contribution >= 0.6 is 0 Å². The third-order valence-corrected chi connectivity index (χ3v) is 2.43. The summed E-state index contributed by atoms with van der Waals surface area (Å²) in [6.07, 6.45) is 0.549. The quantitative estimate of drug-likeness (QED) is 0.389. The minimum absolute atomic E-state index is 0.285. The van der Waals surface area contributed by atoms with E-state index in [0.29, 0.717) is 5.69 Å². The number of rotatable bonds is 5.